The molecule has 0 radical (unpaired) electrons. The molecule has 0 aliphatic rings. The number of anilines is 6. The van der Waals surface area contributed by atoms with E-state index in [0.29, 0.717) is 5.92 Å². The highest BCUT2D eigenvalue weighted by Gasteiger charge is 2.17. The lowest BCUT2D eigenvalue weighted by atomic mass is 9.97. The molecule has 0 aliphatic carbocycles. The van der Waals surface area contributed by atoms with Crippen molar-refractivity contribution in [3.63, 3.8) is 0 Å². The maximum absolute atomic E-state index is 2.36. The summed E-state index contributed by atoms with van der Waals surface area (Å²) < 4.78 is 0. The van der Waals surface area contributed by atoms with E-state index in [0.717, 1.165) is 51.7 Å². The Bertz CT molecular complexity index is 3070. The number of hydrogen-bond acceptors (Lipinski definition) is 2. The summed E-state index contributed by atoms with van der Waals surface area (Å²) >= 11 is 0. The van der Waals surface area contributed by atoms with Gasteiger partial charge in [-0.05, 0) is 159 Å². The van der Waals surface area contributed by atoms with Gasteiger partial charge in [0.15, 0.2) is 0 Å². The second kappa shape index (κ2) is 19.5. The van der Waals surface area contributed by atoms with E-state index in [1.165, 1.54) is 55.6 Å². The largest absolute Gasteiger partial charge is 0.311 e. The Labute approximate surface area is 396 Å². The summed E-state index contributed by atoms with van der Waals surface area (Å²) in [5, 5.41) is 0. The van der Waals surface area contributed by atoms with Crippen LogP contribution in [0.1, 0.15) is 37.3 Å². The van der Waals surface area contributed by atoms with E-state index in [9.17, 15) is 0 Å². The number of benzene rings is 10. The van der Waals surface area contributed by atoms with Crippen LogP contribution >= 0.6 is 0 Å². The monoisotopic (exact) mass is 862 g/mol. The molecule has 0 bridgehead atoms. The number of rotatable bonds is 13. The summed E-state index contributed by atoms with van der Waals surface area (Å²) in [5.74, 6) is 0.510. The normalized spacial score (nSPS) is 11.5. The van der Waals surface area contributed by atoms with Crippen molar-refractivity contribution in [1.82, 2.24) is 0 Å². The van der Waals surface area contributed by atoms with Gasteiger partial charge in [-0.25, -0.2) is 0 Å². The molecule has 324 valence electrons. The molecule has 10 aromatic rings. The van der Waals surface area contributed by atoms with E-state index in [-0.39, 0.29) is 0 Å². The van der Waals surface area contributed by atoms with Gasteiger partial charge < -0.3 is 9.80 Å². The fourth-order valence-electron chi connectivity index (χ4n) is 8.98. The molecule has 10 aromatic carbocycles. The maximum atomic E-state index is 2.36. The van der Waals surface area contributed by atoms with Crippen molar-refractivity contribution in [3.05, 3.63) is 266 Å². The van der Waals surface area contributed by atoms with Crippen LogP contribution in [0, 0.1) is 6.92 Å². The molecule has 0 fully saturated rings. The number of hydrogen-bond donors (Lipinski definition) is 0. The first-order chi connectivity index (χ1) is 33.0. The van der Waals surface area contributed by atoms with Crippen molar-refractivity contribution in [2.75, 3.05) is 9.80 Å². The third kappa shape index (κ3) is 9.48. The molecule has 0 aliphatic heterocycles. The fourth-order valence-corrected chi connectivity index (χ4v) is 8.98. The average Bonchev–Trinajstić information content (AvgIpc) is 3.40. The summed E-state index contributed by atoms with van der Waals surface area (Å²) in [6.45, 7) is 6.69. The Morgan fingerprint density at radius 2 is 0.537 bits per heavy atom. The first kappa shape index (κ1) is 42.7. The SMILES string of the molecule is CCC(C)c1ccc(N(c2ccc(-c3ccc(N(c4ccc(-c5ccccc5)cc4)c4ccc(-c5ccccc5)cc4)cc3)cc2)c2ccc(-c3cccc(-c4ccc(C)cc4)c3)cc2)cc1. The zero-order chi connectivity index (χ0) is 45.5. The molecule has 0 heterocycles. The Morgan fingerprint density at radius 3 is 0.851 bits per heavy atom. The highest BCUT2D eigenvalue weighted by molar-refractivity contribution is 5.83. The first-order valence-corrected chi connectivity index (χ1v) is 23.5. The number of aryl methyl sites for hydroxylation is 1. The van der Waals surface area contributed by atoms with Gasteiger partial charge in [0, 0.05) is 34.1 Å². The molecule has 1 unspecified atom stereocenters. The van der Waals surface area contributed by atoms with Crippen molar-refractivity contribution in [2.24, 2.45) is 0 Å². The van der Waals surface area contributed by atoms with Crippen molar-refractivity contribution < 1.29 is 0 Å². The van der Waals surface area contributed by atoms with E-state index >= 15 is 0 Å². The molecule has 0 amide bonds. The lowest BCUT2D eigenvalue weighted by molar-refractivity contribution is 0.733. The summed E-state index contributed by atoms with van der Waals surface area (Å²) in [7, 11) is 0. The van der Waals surface area contributed by atoms with Crippen LogP contribution in [0.5, 0.6) is 0 Å². The minimum absolute atomic E-state index is 0.510. The molecule has 1 atom stereocenters. The van der Waals surface area contributed by atoms with Gasteiger partial charge in [-0.2, -0.15) is 0 Å². The van der Waals surface area contributed by atoms with E-state index in [4.69, 9.17) is 0 Å². The van der Waals surface area contributed by atoms with Gasteiger partial charge in [-0.15, -0.1) is 0 Å². The summed E-state index contributed by atoms with van der Waals surface area (Å²) in [5.41, 5.74) is 21.3. The van der Waals surface area contributed by atoms with Gasteiger partial charge >= 0.3 is 0 Å². The predicted molar refractivity (Wildman–Crippen MR) is 286 cm³/mol. The Balaban J connectivity index is 0.947. The predicted octanol–water partition coefficient (Wildman–Crippen LogP) is 18.8. The van der Waals surface area contributed by atoms with Crippen LogP contribution in [0.3, 0.4) is 0 Å². The van der Waals surface area contributed by atoms with Crippen molar-refractivity contribution >= 4 is 34.1 Å². The second-order valence-corrected chi connectivity index (χ2v) is 17.5. The lowest BCUT2D eigenvalue weighted by Crippen LogP contribution is -2.10. The smallest absolute Gasteiger partial charge is 0.0462 e. The molecule has 0 spiro atoms. The van der Waals surface area contributed by atoms with Crippen molar-refractivity contribution in [2.45, 2.75) is 33.1 Å². The van der Waals surface area contributed by atoms with E-state index in [1.54, 1.807) is 0 Å². The first-order valence-electron chi connectivity index (χ1n) is 23.5. The fraction of sp³-hybridized carbons (Fsp3) is 0.0769. The highest BCUT2D eigenvalue weighted by Crippen LogP contribution is 2.40. The summed E-state index contributed by atoms with van der Waals surface area (Å²) in [6.07, 6.45) is 1.11. The zero-order valence-electron chi connectivity index (χ0n) is 38.4. The van der Waals surface area contributed by atoms with Crippen LogP contribution < -0.4 is 9.80 Å². The minimum atomic E-state index is 0.510. The molecule has 67 heavy (non-hydrogen) atoms. The molecule has 10 rings (SSSR count). The lowest BCUT2D eigenvalue weighted by Gasteiger charge is -2.27. The molecule has 0 aromatic heterocycles. The van der Waals surface area contributed by atoms with Crippen LogP contribution in [0.15, 0.2) is 255 Å². The average molecular weight is 863 g/mol. The summed E-state index contributed by atoms with van der Waals surface area (Å²) in [4.78, 5) is 4.71. The van der Waals surface area contributed by atoms with Gasteiger partial charge in [-0.3, -0.25) is 0 Å². The van der Waals surface area contributed by atoms with Crippen LogP contribution in [0.2, 0.25) is 0 Å². The molecular weight excluding hydrogens is 809 g/mol. The Morgan fingerprint density at radius 1 is 0.284 bits per heavy atom. The topological polar surface area (TPSA) is 6.48 Å². The molecule has 0 saturated heterocycles. The van der Waals surface area contributed by atoms with Gasteiger partial charge in [0.2, 0.25) is 0 Å². The maximum Gasteiger partial charge on any atom is 0.0462 e. The molecule has 0 saturated carbocycles. The van der Waals surface area contributed by atoms with Gasteiger partial charge in [0.05, 0.1) is 0 Å². The molecule has 2 heteroatoms. The summed E-state index contributed by atoms with van der Waals surface area (Å²) in [6, 6.07) is 92.6. The number of nitrogens with zero attached hydrogens (tertiary/aromatic N) is 2. The third-order valence-electron chi connectivity index (χ3n) is 13.1. The van der Waals surface area contributed by atoms with Crippen LogP contribution in [-0.2, 0) is 0 Å². The third-order valence-corrected chi connectivity index (χ3v) is 13.1. The van der Waals surface area contributed by atoms with Crippen LogP contribution in [0.4, 0.5) is 34.1 Å². The van der Waals surface area contributed by atoms with Gasteiger partial charge in [0.25, 0.3) is 0 Å². The van der Waals surface area contributed by atoms with Gasteiger partial charge in [-0.1, -0.05) is 195 Å². The van der Waals surface area contributed by atoms with Crippen LogP contribution in [-0.4, -0.2) is 0 Å². The van der Waals surface area contributed by atoms with E-state index < -0.39 is 0 Å². The quantitative estimate of drug-likeness (QED) is 0.114. The molecular formula is C65H54N2. The van der Waals surface area contributed by atoms with Crippen LogP contribution in [0.25, 0.3) is 55.6 Å². The molecule has 0 N–H and O–H groups in total. The highest BCUT2D eigenvalue weighted by atomic mass is 15.1. The Kier molecular flexibility index (Phi) is 12.4. The zero-order valence-corrected chi connectivity index (χ0v) is 38.4. The minimum Gasteiger partial charge on any atom is -0.311 e. The second-order valence-electron chi connectivity index (χ2n) is 17.5. The molecule has 2 nitrogen and oxygen atoms in total. The van der Waals surface area contributed by atoms with E-state index in [2.05, 4.69) is 285 Å². The van der Waals surface area contributed by atoms with Gasteiger partial charge in [0.1, 0.15) is 0 Å². The van der Waals surface area contributed by atoms with Crippen molar-refractivity contribution in [3.8, 4) is 55.6 Å². The standard InChI is InChI=1S/C65H54N2/c1-4-48(3)49-22-34-60(35-23-49)66(65-44-32-57(33-45-65)59-17-11-16-58(46-59)56-20-18-47(2)19-21-56)63-40-28-54(29-41-63)55-30-42-64(43-31-55)67(61-36-24-52(25-37-61)50-12-7-5-8-13-50)62-38-26-53(27-39-62)51-14-9-6-10-15-51/h5-46,48H,4H2,1-3H3. The van der Waals surface area contributed by atoms with E-state index in [1.807, 2.05) is 0 Å². The Hall–Kier alpha value is -8.20. The van der Waals surface area contributed by atoms with Crippen molar-refractivity contribution in [1.29, 1.82) is 0 Å².